The van der Waals surface area contributed by atoms with Crippen molar-refractivity contribution in [2.45, 2.75) is 69.9 Å². The summed E-state index contributed by atoms with van der Waals surface area (Å²) in [5.41, 5.74) is 2.14. The zero-order valence-electron chi connectivity index (χ0n) is 24.5. The highest BCUT2D eigenvalue weighted by atomic mass is 35.5. The van der Waals surface area contributed by atoms with E-state index in [9.17, 15) is 14.3 Å². The van der Waals surface area contributed by atoms with Crippen LogP contribution in [0.5, 0.6) is 0 Å². The van der Waals surface area contributed by atoms with E-state index in [0.717, 1.165) is 67.9 Å². The third-order valence-electron chi connectivity index (χ3n) is 9.24. The Hall–Kier alpha value is -2.03. The van der Waals surface area contributed by atoms with Gasteiger partial charge in [0.1, 0.15) is 11.9 Å². The molecule has 1 saturated heterocycles. The highest BCUT2D eigenvalue weighted by molar-refractivity contribution is 7.11. The van der Waals surface area contributed by atoms with Gasteiger partial charge in [0.15, 0.2) is 0 Å². The molecule has 0 spiro atoms. The standard InChI is InChI=1S/C33H40Cl2FN3O2S/c1-20(2)32(33(40)41)38(3)26-16-24(27(17-26)23-5-4-6-25(36)15-23)19-39-11-9-22(10-12-39)30-18-37-31(42-30)14-21-7-8-28(34)29(35)13-21/h4-8,13,15,18,20,22,24,26-27,32H,9-12,14,16-17,19H2,1-3H3,(H,40,41)/t24?,26?,27?,32-/m1/s1. The molecule has 4 atom stereocenters. The summed E-state index contributed by atoms with van der Waals surface area (Å²) in [6.07, 6.45) is 6.73. The Labute approximate surface area is 262 Å². The number of hydrogen-bond donors (Lipinski definition) is 1. The molecular formula is C33H40Cl2FN3O2S. The van der Waals surface area contributed by atoms with Gasteiger partial charge in [-0.3, -0.25) is 9.69 Å². The lowest BCUT2D eigenvalue weighted by atomic mass is 9.87. The van der Waals surface area contributed by atoms with Crippen LogP contribution in [0.15, 0.2) is 48.7 Å². The van der Waals surface area contributed by atoms with Crippen LogP contribution in [0.4, 0.5) is 4.39 Å². The summed E-state index contributed by atoms with van der Waals surface area (Å²) in [6, 6.07) is 12.4. The van der Waals surface area contributed by atoms with E-state index in [0.29, 0.717) is 21.9 Å². The van der Waals surface area contributed by atoms with Crippen LogP contribution in [0.25, 0.3) is 0 Å². The number of hydrogen-bond acceptors (Lipinski definition) is 5. The number of rotatable bonds is 10. The van der Waals surface area contributed by atoms with Crippen LogP contribution < -0.4 is 0 Å². The molecule has 5 rings (SSSR count). The Balaban J connectivity index is 1.22. The van der Waals surface area contributed by atoms with E-state index < -0.39 is 12.0 Å². The predicted molar refractivity (Wildman–Crippen MR) is 169 cm³/mol. The van der Waals surface area contributed by atoms with E-state index in [4.69, 9.17) is 28.2 Å². The molecule has 2 aliphatic rings. The van der Waals surface area contributed by atoms with Gasteiger partial charge in [-0.1, -0.05) is 55.2 Å². The molecule has 0 amide bonds. The van der Waals surface area contributed by atoms with E-state index in [1.165, 1.54) is 10.9 Å². The Kier molecular flexibility index (Phi) is 10.3. The number of piperidine rings is 1. The molecule has 3 unspecified atom stereocenters. The average molecular weight is 633 g/mol. The summed E-state index contributed by atoms with van der Waals surface area (Å²) in [5, 5.41) is 12.1. The van der Waals surface area contributed by atoms with Crippen molar-refractivity contribution < 1.29 is 14.3 Å². The van der Waals surface area contributed by atoms with Gasteiger partial charge in [-0.25, -0.2) is 9.37 Å². The highest BCUT2D eigenvalue weighted by Crippen LogP contribution is 2.44. The van der Waals surface area contributed by atoms with Gasteiger partial charge in [-0.2, -0.15) is 0 Å². The van der Waals surface area contributed by atoms with Crippen LogP contribution in [-0.4, -0.2) is 64.6 Å². The van der Waals surface area contributed by atoms with Crippen molar-refractivity contribution >= 4 is 40.5 Å². The van der Waals surface area contributed by atoms with Crippen molar-refractivity contribution in [3.05, 3.63) is 85.5 Å². The number of thiazole rings is 1. The minimum Gasteiger partial charge on any atom is -0.480 e. The van der Waals surface area contributed by atoms with Crippen LogP contribution >= 0.6 is 34.5 Å². The first-order valence-corrected chi connectivity index (χ1v) is 16.5. The van der Waals surface area contributed by atoms with Crippen LogP contribution in [0, 0.1) is 17.7 Å². The lowest BCUT2D eigenvalue weighted by Crippen LogP contribution is -2.47. The second-order valence-electron chi connectivity index (χ2n) is 12.4. The minimum atomic E-state index is -0.775. The normalized spacial score (nSPS) is 22.7. The summed E-state index contributed by atoms with van der Waals surface area (Å²) in [6.45, 7) is 6.91. The van der Waals surface area contributed by atoms with Crippen LogP contribution in [0.2, 0.25) is 10.0 Å². The second kappa shape index (κ2) is 13.7. The second-order valence-corrected chi connectivity index (χ2v) is 14.4. The number of likely N-dealkylation sites (N-methyl/N-ethyl adjacent to an activating group) is 1. The third-order valence-corrected chi connectivity index (χ3v) is 11.1. The number of benzene rings is 2. The molecule has 1 saturated carbocycles. The van der Waals surface area contributed by atoms with Crippen LogP contribution in [0.3, 0.4) is 0 Å². The fraction of sp³-hybridized carbons (Fsp3) is 0.515. The molecule has 0 radical (unpaired) electrons. The predicted octanol–water partition coefficient (Wildman–Crippen LogP) is 7.96. The zero-order valence-corrected chi connectivity index (χ0v) is 26.8. The number of aliphatic carboxylic acids is 1. The molecule has 1 aliphatic heterocycles. The number of halogens is 3. The minimum absolute atomic E-state index is 0.00875. The van der Waals surface area contributed by atoms with E-state index in [1.807, 2.05) is 51.4 Å². The maximum atomic E-state index is 14.2. The van der Waals surface area contributed by atoms with Gasteiger partial charge < -0.3 is 10.0 Å². The molecule has 5 nitrogen and oxygen atoms in total. The molecule has 0 bridgehead atoms. The first kappa shape index (κ1) is 31.4. The van der Waals surface area contributed by atoms with Crippen molar-refractivity contribution in [1.29, 1.82) is 0 Å². The van der Waals surface area contributed by atoms with E-state index in [1.54, 1.807) is 23.5 Å². The average Bonchev–Trinajstić information content (AvgIpc) is 3.58. The van der Waals surface area contributed by atoms with Gasteiger partial charge in [0.25, 0.3) is 0 Å². The summed E-state index contributed by atoms with van der Waals surface area (Å²) in [7, 11) is 1.95. The summed E-state index contributed by atoms with van der Waals surface area (Å²) < 4.78 is 14.2. The highest BCUT2D eigenvalue weighted by Gasteiger charge is 2.41. The van der Waals surface area contributed by atoms with Crippen molar-refractivity contribution in [1.82, 2.24) is 14.8 Å². The van der Waals surface area contributed by atoms with E-state index in [-0.39, 0.29) is 23.7 Å². The Morgan fingerprint density at radius 3 is 2.57 bits per heavy atom. The monoisotopic (exact) mass is 631 g/mol. The quantitative estimate of drug-likeness (QED) is 0.246. The van der Waals surface area contributed by atoms with Crippen LogP contribution in [-0.2, 0) is 11.2 Å². The van der Waals surface area contributed by atoms with Gasteiger partial charge in [0.2, 0.25) is 0 Å². The van der Waals surface area contributed by atoms with Crippen molar-refractivity contribution in [2.75, 3.05) is 26.7 Å². The number of carbonyl (C=O) groups is 1. The molecule has 3 aromatic rings. The lowest BCUT2D eigenvalue weighted by Gasteiger charge is -2.35. The molecule has 1 aliphatic carbocycles. The fourth-order valence-corrected chi connectivity index (χ4v) is 8.53. The van der Waals surface area contributed by atoms with E-state index >= 15 is 0 Å². The lowest BCUT2D eigenvalue weighted by molar-refractivity contribution is -0.145. The smallest absolute Gasteiger partial charge is 0.321 e. The van der Waals surface area contributed by atoms with E-state index in [2.05, 4.69) is 9.80 Å². The van der Waals surface area contributed by atoms with Crippen molar-refractivity contribution in [3.8, 4) is 0 Å². The number of likely N-dealkylation sites (tertiary alicyclic amines) is 1. The van der Waals surface area contributed by atoms with Gasteiger partial charge in [-0.15, -0.1) is 11.3 Å². The molecule has 1 N–H and O–H groups in total. The zero-order chi connectivity index (χ0) is 30.0. The molecule has 226 valence electrons. The first-order valence-electron chi connectivity index (χ1n) is 14.9. The Bertz CT molecular complexity index is 1380. The number of carboxylic acid groups (broad SMARTS) is 1. The Morgan fingerprint density at radius 1 is 1.14 bits per heavy atom. The van der Waals surface area contributed by atoms with Gasteiger partial charge >= 0.3 is 5.97 Å². The maximum Gasteiger partial charge on any atom is 0.321 e. The molecular weight excluding hydrogens is 592 g/mol. The number of nitrogens with zero attached hydrogens (tertiary/aromatic N) is 3. The van der Waals surface area contributed by atoms with Crippen molar-refractivity contribution in [3.63, 3.8) is 0 Å². The van der Waals surface area contributed by atoms with Gasteiger partial charge in [-0.05, 0) is 105 Å². The fourth-order valence-electron chi connectivity index (χ4n) is 7.08. The molecule has 2 heterocycles. The summed E-state index contributed by atoms with van der Waals surface area (Å²) in [4.78, 5) is 22.8. The van der Waals surface area contributed by atoms with Gasteiger partial charge in [0.05, 0.1) is 15.1 Å². The first-order chi connectivity index (χ1) is 20.1. The molecule has 9 heteroatoms. The Morgan fingerprint density at radius 2 is 1.90 bits per heavy atom. The SMILES string of the molecule is CC(C)[C@H](C(=O)O)N(C)C1CC(CN2CCC(c3cnc(Cc4ccc(Cl)c(Cl)c4)s3)CC2)C(c2cccc(F)c2)C1. The van der Waals surface area contributed by atoms with Crippen LogP contribution in [0.1, 0.15) is 72.4 Å². The number of carboxylic acids is 1. The molecule has 1 aromatic heterocycles. The van der Waals surface area contributed by atoms with Crippen molar-refractivity contribution in [2.24, 2.45) is 11.8 Å². The summed E-state index contributed by atoms with van der Waals surface area (Å²) >= 11 is 14.1. The van der Waals surface area contributed by atoms with Gasteiger partial charge in [0, 0.05) is 30.1 Å². The molecule has 2 fully saturated rings. The third kappa shape index (κ3) is 7.36. The molecule has 2 aromatic carbocycles. The molecule has 42 heavy (non-hydrogen) atoms. The maximum absolute atomic E-state index is 14.2. The topological polar surface area (TPSA) is 56.7 Å². The summed E-state index contributed by atoms with van der Waals surface area (Å²) in [5.74, 6) is 0.0807. The number of aromatic nitrogens is 1. The largest absolute Gasteiger partial charge is 0.480 e.